The van der Waals surface area contributed by atoms with Crippen LogP contribution in [0.15, 0.2) is 6.07 Å². The van der Waals surface area contributed by atoms with Gasteiger partial charge < -0.3 is 10.1 Å². The highest BCUT2D eigenvalue weighted by molar-refractivity contribution is 7.14. The van der Waals surface area contributed by atoms with Crippen LogP contribution in [0.25, 0.3) is 0 Å². The highest BCUT2D eigenvalue weighted by atomic mass is 32.1. The molecule has 2 heterocycles. The lowest BCUT2D eigenvalue weighted by molar-refractivity contribution is 0.0966. The smallest absolute Gasteiger partial charge is 0.261 e. The van der Waals surface area contributed by atoms with Crippen molar-refractivity contribution in [3.63, 3.8) is 0 Å². The number of nitrogens with one attached hydrogen (secondary N) is 1. The van der Waals surface area contributed by atoms with Crippen molar-refractivity contribution >= 4 is 17.2 Å². The molecule has 0 spiro atoms. The van der Waals surface area contributed by atoms with Gasteiger partial charge in [0.25, 0.3) is 5.91 Å². The zero-order chi connectivity index (χ0) is 9.26. The van der Waals surface area contributed by atoms with Gasteiger partial charge in [0.1, 0.15) is 0 Å². The Morgan fingerprint density at radius 1 is 1.69 bits per heavy atom. The number of ether oxygens (including phenoxy) is 1. The van der Waals surface area contributed by atoms with Gasteiger partial charge in [0.05, 0.1) is 18.1 Å². The zero-order valence-electron chi connectivity index (χ0n) is 7.42. The summed E-state index contributed by atoms with van der Waals surface area (Å²) in [6.45, 7) is 1.43. The summed E-state index contributed by atoms with van der Waals surface area (Å²) in [6, 6.07) is 1.93. The first-order valence-electron chi connectivity index (χ1n) is 4.22. The van der Waals surface area contributed by atoms with Gasteiger partial charge in [-0.15, -0.1) is 11.3 Å². The van der Waals surface area contributed by atoms with E-state index >= 15 is 0 Å². The van der Waals surface area contributed by atoms with Crippen LogP contribution in [0.2, 0.25) is 0 Å². The second-order valence-corrected chi connectivity index (χ2v) is 4.08. The molecular formula is C9H11NO2S. The number of thiophene rings is 1. The predicted molar refractivity (Wildman–Crippen MR) is 51.1 cm³/mol. The van der Waals surface area contributed by atoms with Gasteiger partial charge in [-0.1, -0.05) is 0 Å². The van der Waals surface area contributed by atoms with Crippen molar-refractivity contribution in [2.45, 2.75) is 13.0 Å². The molecule has 0 bridgehead atoms. The second-order valence-electron chi connectivity index (χ2n) is 2.94. The second kappa shape index (κ2) is 3.47. The summed E-state index contributed by atoms with van der Waals surface area (Å²) < 4.78 is 5.30. The number of carbonyl (C=O) groups excluding carboxylic acids is 1. The van der Waals surface area contributed by atoms with Crippen molar-refractivity contribution < 1.29 is 9.53 Å². The van der Waals surface area contributed by atoms with E-state index in [1.807, 2.05) is 6.07 Å². The Morgan fingerprint density at radius 3 is 3.23 bits per heavy atom. The Balaban J connectivity index is 2.30. The van der Waals surface area contributed by atoms with Gasteiger partial charge in [-0.2, -0.15) is 0 Å². The van der Waals surface area contributed by atoms with E-state index in [0.717, 1.165) is 17.9 Å². The standard InChI is InChI=1S/C9H11NO2S/c1-10-9(11)8-4-6-5-12-3-2-7(6)13-8/h4H,2-3,5H2,1H3,(H,10,11). The van der Waals surface area contributed by atoms with Crippen molar-refractivity contribution in [3.8, 4) is 0 Å². The summed E-state index contributed by atoms with van der Waals surface area (Å²) in [5.74, 6) is -0.000556. The van der Waals surface area contributed by atoms with E-state index in [1.165, 1.54) is 10.4 Å². The van der Waals surface area contributed by atoms with Gasteiger partial charge >= 0.3 is 0 Å². The van der Waals surface area contributed by atoms with Crippen molar-refractivity contribution in [1.82, 2.24) is 5.32 Å². The lowest BCUT2D eigenvalue weighted by Crippen LogP contribution is -2.16. The minimum absolute atomic E-state index is 0.000556. The quantitative estimate of drug-likeness (QED) is 0.734. The van der Waals surface area contributed by atoms with Crippen molar-refractivity contribution in [1.29, 1.82) is 0 Å². The van der Waals surface area contributed by atoms with Gasteiger partial charge in [-0.05, 0) is 11.6 Å². The molecule has 4 heteroatoms. The molecule has 1 aliphatic heterocycles. The topological polar surface area (TPSA) is 38.3 Å². The summed E-state index contributed by atoms with van der Waals surface area (Å²) in [7, 11) is 1.65. The first-order valence-corrected chi connectivity index (χ1v) is 5.04. The van der Waals surface area contributed by atoms with E-state index in [-0.39, 0.29) is 5.91 Å². The maximum Gasteiger partial charge on any atom is 0.261 e. The molecule has 0 saturated heterocycles. The first-order chi connectivity index (χ1) is 6.31. The number of hydrogen-bond acceptors (Lipinski definition) is 3. The van der Waals surface area contributed by atoms with E-state index in [4.69, 9.17) is 4.74 Å². The molecule has 13 heavy (non-hydrogen) atoms. The summed E-state index contributed by atoms with van der Waals surface area (Å²) in [6.07, 6.45) is 0.941. The van der Waals surface area contributed by atoms with Gasteiger partial charge in [-0.25, -0.2) is 0 Å². The summed E-state index contributed by atoms with van der Waals surface area (Å²) in [5.41, 5.74) is 1.18. The van der Waals surface area contributed by atoms with Crippen molar-refractivity contribution in [3.05, 3.63) is 21.4 Å². The zero-order valence-corrected chi connectivity index (χ0v) is 8.24. The fourth-order valence-corrected chi connectivity index (χ4v) is 2.48. The highest BCUT2D eigenvalue weighted by Crippen LogP contribution is 2.26. The molecule has 0 saturated carbocycles. The molecule has 70 valence electrons. The molecule has 1 aliphatic rings. The maximum absolute atomic E-state index is 11.3. The summed E-state index contributed by atoms with van der Waals surface area (Å²) in [5, 5.41) is 2.62. The van der Waals surface area contributed by atoms with Gasteiger partial charge in [0, 0.05) is 18.3 Å². The van der Waals surface area contributed by atoms with E-state index in [1.54, 1.807) is 18.4 Å². The largest absolute Gasteiger partial charge is 0.376 e. The van der Waals surface area contributed by atoms with Gasteiger partial charge in [0.15, 0.2) is 0 Å². The predicted octanol–water partition coefficient (Wildman–Crippen LogP) is 1.18. The van der Waals surface area contributed by atoms with Crippen LogP contribution in [-0.2, 0) is 17.8 Å². The fraction of sp³-hybridized carbons (Fsp3) is 0.444. The molecule has 0 aromatic carbocycles. The normalized spacial score (nSPS) is 15.2. The molecule has 3 nitrogen and oxygen atoms in total. The number of rotatable bonds is 1. The van der Waals surface area contributed by atoms with Gasteiger partial charge in [0.2, 0.25) is 0 Å². The summed E-state index contributed by atoms with van der Waals surface area (Å²) >= 11 is 1.58. The van der Waals surface area contributed by atoms with Crippen LogP contribution in [0.1, 0.15) is 20.1 Å². The third-order valence-electron chi connectivity index (χ3n) is 2.08. The van der Waals surface area contributed by atoms with E-state index in [9.17, 15) is 4.79 Å². The average molecular weight is 197 g/mol. The molecule has 2 rings (SSSR count). The van der Waals surface area contributed by atoms with E-state index < -0.39 is 0 Å². The fourth-order valence-electron chi connectivity index (χ4n) is 1.38. The molecule has 0 atom stereocenters. The van der Waals surface area contributed by atoms with E-state index in [2.05, 4.69) is 5.32 Å². The van der Waals surface area contributed by atoms with Crippen LogP contribution in [0, 0.1) is 0 Å². The molecule has 0 radical (unpaired) electrons. The Kier molecular flexibility index (Phi) is 2.33. The Bertz CT molecular complexity index is 309. The number of fused-ring (bicyclic) bond motifs is 1. The minimum atomic E-state index is -0.000556. The maximum atomic E-state index is 11.3. The molecule has 0 aliphatic carbocycles. The molecule has 1 aromatic rings. The van der Waals surface area contributed by atoms with Crippen LogP contribution in [0.5, 0.6) is 0 Å². The highest BCUT2D eigenvalue weighted by Gasteiger charge is 2.16. The number of amides is 1. The third kappa shape index (κ3) is 1.59. The molecular weight excluding hydrogens is 186 g/mol. The van der Waals surface area contributed by atoms with Crippen LogP contribution in [-0.4, -0.2) is 19.6 Å². The van der Waals surface area contributed by atoms with Crippen LogP contribution in [0.3, 0.4) is 0 Å². The molecule has 0 unspecified atom stereocenters. The van der Waals surface area contributed by atoms with Crippen LogP contribution < -0.4 is 5.32 Å². The molecule has 1 aromatic heterocycles. The SMILES string of the molecule is CNC(=O)c1cc2c(s1)CCOC2. The number of hydrogen-bond donors (Lipinski definition) is 1. The van der Waals surface area contributed by atoms with E-state index in [0.29, 0.717) is 6.61 Å². The monoisotopic (exact) mass is 197 g/mol. The Morgan fingerprint density at radius 2 is 2.54 bits per heavy atom. The minimum Gasteiger partial charge on any atom is -0.376 e. The first kappa shape index (κ1) is 8.72. The summed E-state index contributed by atoms with van der Waals surface area (Å²) in [4.78, 5) is 13.4. The van der Waals surface area contributed by atoms with Crippen molar-refractivity contribution in [2.24, 2.45) is 0 Å². The molecule has 0 fully saturated rings. The molecule has 1 N–H and O–H groups in total. The average Bonchev–Trinajstić information content (AvgIpc) is 2.59. The van der Waals surface area contributed by atoms with Gasteiger partial charge in [-0.3, -0.25) is 4.79 Å². The van der Waals surface area contributed by atoms with Crippen LogP contribution in [0.4, 0.5) is 0 Å². The van der Waals surface area contributed by atoms with Crippen LogP contribution >= 0.6 is 11.3 Å². The molecule has 1 amide bonds. The number of carbonyl (C=O) groups is 1. The van der Waals surface area contributed by atoms with Crippen molar-refractivity contribution in [2.75, 3.05) is 13.7 Å². The lowest BCUT2D eigenvalue weighted by atomic mass is 10.2. The Hall–Kier alpha value is -0.870. The Labute approximate surface area is 80.7 Å². The third-order valence-corrected chi connectivity index (χ3v) is 3.31. The lowest BCUT2D eigenvalue weighted by Gasteiger charge is -2.10.